The van der Waals surface area contributed by atoms with Crippen LogP contribution < -0.4 is 0 Å². The lowest BCUT2D eigenvalue weighted by molar-refractivity contribution is -0.139. The van der Waals surface area contributed by atoms with E-state index in [9.17, 15) is 9.18 Å². The third kappa shape index (κ3) is 3.79. The van der Waals surface area contributed by atoms with Crippen molar-refractivity contribution in [2.45, 2.75) is 51.1 Å². The van der Waals surface area contributed by atoms with Crippen molar-refractivity contribution in [2.24, 2.45) is 0 Å². The van der Waals surface area contributed by atoms with Crippen LogP contribution in [0.2, 0.25) is 0 Å². The van der Waals surface area contributed by atoms with Gasteiger partial charge in [-0.3, -0.25) is 9.69 Å². The highest BCUT2D eigenvalue weighted by Crippen LogP contribution is 2.26. The van der Waals surface area contributed by atoms with E-state index in [0.717, 1.165) is 25.7 Å². The fraction of sp³-hybridized carbons (Fsp3) is 0.562. The van der Waals surface area contributed by atoms with Crippen molar-refractivity contribution in [2.75, 3.05) is 6.54 Å². The Morgan fingerprint density at radius 1 is 1.40 bits per heavy atom. The molecule has 0 amide bonds. The van der Waals surface area contributed by atoms with E-state index >= 15 is 0 Å². The lowest BCUT2D eigenvalue weighted by Crippen LogP contribution is -2.44. The molecule has 1 unspecified atom stereocenters. The Balaban J connectivity index is 2.07. The Kier molecular flexibility index (Phi) is 5.12. The third-order valence-electron chi connectivity index (χ3n) is 4.15. The molecule has 0 bridgehead atoms. The smallest absolute Gasteiger partial charge is 0.317 e. The molecule has 0 radical (unpaired) electrons. The van der Waals surface area contributed by atoms with Crippen LogP contribution in [-0.2, 0) is 11.2 Å². The standard InChI is InChI=1S/C16H22FNO2/c1-12(10-13-6-2-5-9-15(13)17)18(11-16(19)20)14-7-3-4-8-14/h2,5-6,9,12,14H,3-4,7-8,10-11H2,1H3,(H,19,20). The number of carbonyl (C=O) groups is 1. The highest BCUT2D eigenvalue weighted by atomic mass is 19.1. The molecule has 1 aliphatic carbocycles. The van der Waals surface area contributed by atoms with Crippen molar-refractivity contribution >= 4 is 5.97 Å². The van der Waals surface area contributed by atoms with Gasteiger partial charge >= 0.3 is 5.97 Å². The van der Waals surface area contributed by atoms with E-state index in [1.165, 1.54) is 6.07 Å². The summed E-state index contributed by atoms with van der Waals surface area (Å²) in [6.45, 7) is 2.04. The number of halogens is 1. The van der Waals surface area contributed by atoms with Gasteiger partial charge in [0, 0.05) is 12.1 Å². The van der Waals surface area contributed by atoms with Crippen LogP contribution in [0.5, 0.6) is 0 Å². The van der Waals surface area contributed by atoms with Gasteiger partial charge in [-0.15, -0.1) is 0 Å². The summed E-state index contributed by atoms with van der Waals surface area (Å²) in [5.74, 6) is -1.02. The topological polar surface area (TPSA) is 40.5 Å². The molecule has 1 saturated carbocycles. The lowest BCUT2D eigenvalue weighted by atomic mass is 10.0. The molecule has 1 aromatic carbocycles. The van der Waals surface area contributed by atoms with Gasteiger partial charge in [-0.05, 0) is 37.8 Å². The second-order valence-electron chi connectivity index (χ2n) is 5.65. The molecule has 110 valence electrons. The summed E-state index contributed by atoms with van der Waals surface area (Å²) in [7, 11) is 0. The van der Waals surface area contributed by atoms with Crippen LogP contribution >= 0.6 is 0 Å². The molecule has 2 rings (SSSR count). The predicted octanol–water partition coefficient (Wildman–Crippen LogP) is 3.09. The van der Waals surface area contributed by atoms with Crippen LogP contribution in [0.25, 0.3) is 0 Å². The highest BCUT2D eigenvalue weighted by molar-refractivity contribution is 5.69. The minimum Gasteiger partial charge on any atom is -0.480 e. The minimum atomic E-state index is -0.808. The number of hydrogen-bond acceptors (Lipinski definition) is 2. The van der Waals surface area contributed by atoms with Crippen LogP contribution in [0.3, 0.4) is 0 Å². The number of aliphatic carboxylic acids is 1. The summed E-state index contributed by atoms with van der Waals surface area (Å²) >= 11 is 0. The van der Waals surface area contributed by atoms with Gasteiger partial charge in [-0.25, -0.2) is 4.39 Å². The van der Waals surface area contributed by atoms with Gasteiger partial charge in [0.1, 0.15) is 5.82 Å². The van der Waals surface area contributed by atoms with Crippen molar-refractivity contribution < 1.29 is 14.3 Å². The molecule has 4 heteroatoms. The number of hydrogen-bond donors (Lipinski definition) is 1. The van der Waals surface area contributed by atoms with Gasteiger partial charge in [-0.2, -0.15) is 0 Å². The number of carboxylic acids is 1. The molecule has 0 aromatic heterocycles. The molecule has 20 heavy (non-hydrogen) atoms. The average Bonchev–Trinajstić information content (AvgIpc) is 2.92. The molecule has 1 N–H and O–H groups in total. The van der Waals surface area contributed by atoms with Gasteiger partial charge < -0.3 is 5.11 Å². The Labute approximate surface area is 119 Å². The maximum Gasteiger partial charge on any atom is 0.317 e. The van der Waals surface area contributed by atoms with Crippen molar-refractivity contribution in [3.05, 3.63) is 35.6 Å². The maximum atomic E-state index is 13.7. The van der Waals surface area contributed by atoms with Crippen LogP contribution in [-0.4, -0.2) is 34.6 Å². The van der Waals surface area contributed by atoms with E-state index in [4.69, 9.17) is 5.11 Å². The summed E-state index contributed by atoms with van der Waals surface area (Å²) < 4.78 is 13.7. The summed E-state index contributed by atoms with van der Waals surface area (Å²) in [4.78, 5) is 13.1. The number of rotatable bonds is 6. The molecule has 0 aliphatic heterocycles. The zero-order chi connectivity index (χ0) is 14.5. The molecule has 0 saturated heterocycles. The summed E-state index contributed by atoms with van der Waals surface area (Å²) in [5.41, 5.74) is 0.661. The summed E-state index contributed by atoms with van der Waals surface area (Å²) in [6, 6.07) is 7.09. The first kappa shape index (κ1) is 15.0. The van der Waals surface area contributed by atoms with Crippen molar-refractivity contribution in [3.63, 3.8) is 0 Å². The van der Waals surface area contributed by atoms with Crippen LogP contribution in [0.1, 0.15) is 38.2 Å². The molecule has 3 nitrogen and oxygen atoms in total. The van der Waals surface area contributed by atoms with E-state index < -0.39 is 5.97 Å². The minimum absolute atomic E-state index is 0.0334. The first-order chi connectivity index (χ1) is 9.58. The zero-order valence-corrected chi connectivity index (χ0v) is 11.9. The van der Waals surface area contributed by atoms with Crippen LogP contribution in [0, 0.1) is 5.82 Å². The van der Waals surface area contributed by atoms with Crippen molar-refractivity contribution in [3.8, 4) is 0 Å². The van der Waals surface area contributed by atoms with E-state index in [-0.39, 0.29) is 18.4 Å². The Morgan fingerprint density at radius 2 is 2.05 bits per heavy atom. The number of benzene rings is 1. The molecular weight excluding hydrogens is 257 g/mol. The van der Waals surface area contributed by atoms with Crippen molar-refractivity contribution in [1.82, 2.24) is 4.90 Å². The maximum absolute atomic E-state index is 13.7. The Bertz CT molecular complexity index is 458. The predicted molar refractivity (Wildman–Crippen MR) is 76.2 cm³/mol. The third-order valence-corrected chi connectivity index (χ3v) is 4.15. The summed E-state index contributed by atoms with van der Waals surface area (Å²) in [5, 5.41) is 9.10. The highest BCUT2D eigenvalue weighted by Gasteiger charge is 2.28. The summed E-state index contributed by atoms with van der Waals surface area (Å²) in [6.07, 6.45) is 4.97. The second-order valence-corrected chi connectivity index (χ2v) is 5.65. The van der Waals surface area contributed by atoms with Gasteiger partial charge in [0.05, 0.1) is 6.54 Å². The van der Waals surface area contributed by atoms with E-state index in [1.807, 2.05) is 17.9 Å². The van der Waals surface area contributed by atoms with Gasteiger partial charge in [0.2, 0.25) is 0 Å². The van der Waals surface area contributed by atoms with E-state index in [2.05, 4.69) is 0 Å². The normalized spacial score (nSPS) is 17.6. The number of nitrogens with zero attached hydrogens (tertiary/aromatic N) is 1. The lowest BCUT2D eigenvalue weighted by Gasteiger charge is -2.33. The molecule has 0 heterocycles. The number of carboxylic acid groups (broad SMARTS) is 1. The fourth-order valence-electron chi connectivity index (χ4n) is 3.14. The molecule has 0 spiro atoms. The molecule has 1 fully saturated rings. The fourth-order valence-corrected chi connectivity index (χ4v) is 3.14. The van der Waals surface area contributed by atoms with Crippen LogP contribution in [0.15, 0.2) is 24.3 Å². The quantitative estimate of drug-likeness (QED) is 0.870. The van der Waals surface area contributed by atoms with Gasteiger partial charge in [-0.1, -0.05) is 31.0 Å². The molecule has 1 aliphatic rings. The molecule has 1 aromatic rings. The van der Waals surface area contributed by atoms with Gasteiger partial charge in [0.15, 0.2) is 0 Å². The molecular formula is C16H22FNO2. The first-order valence-corrected chi connectivity index (χ1v) is 7.29. The zero-order valence-electron chi connectivity index (χ0n) is 11.9. The monoisotopic (exact) mass is 279 g/mol. The van der Waals surface area contributed by atoms with Crippen LogP contribution in [0.4, 0.5) is 4.39 Å². The Hall–Kier alpha value is -1.42. The van der Waals surface area contributed by atoms with Gasteiger partial charge in [0.25, 0.3) is 0 Å². The average molecular weight is 279 g/mol. The van der Waals surface area contributed by atoms with Crippen molar-refractivity contribution in [1.29, 1.82) is 0 Å². The van der Waals surface area contributed by atoms with E-state index in [1.54, 1.807) is 12.1 Å². The second kappa shape index (κ2) is 6.84. The largest absolute Gasteiger partial charge is 0.480 e. The first-order valence-electron chi connectivity index (χ1n) is 7.29. The van der Waals surface area contributed by atoms with E-state index in [0.29, 0.717) is 18.0 Å². The molecule has 1 atom stereocenters. The SMILES string of the molecule is CC(Cc1ccccc1F)N(CC(=O)O)C1CCCC1. The Morgan fingerprint density at radius 3 is 2.65 bits per heavy atom.